The number of nitrogens with one attached hydrogen (secondary N) is 1. The van der Waals surface area contributed by atoms with Crippen LogP contribution in [0.25, 0.3) is 0 Å². The number of nitrogens with zero attached hydrogens (tertiary/aromatic N) is 1. The first-order valence-electron chi connectivity index (χ1n) is 8.54. The van der Waals surface area contributed by atoms with Crippen LogP contribution in [0.2, 0.25) is 0 Å². The topological polar surface area (TPSA) is 69.6 Å². The maximum atomic E-state index is 12.3. The number of fused-ring (bicyclic) bond motifs is 1. The summed E-state index contributed by atoms with van der Waals surface area (Å²) in [7, 11) is 0. The molecule has 4 rings (SSSR count). The molecule has 2 aliphatic heterocycles. The molecule has 0 radical (unpaired) electrons. The van der Waals surface area contributed by atoms with Gasteiger partial charge in [-0.2, -0.15) is 0 Å². The second-order valence-electron chi connectivity index (χ2n) is 6.91. The number of hydrogen-bond donors (Lipinski definition) is 2. The fraction of sp³-hybridized carbons (Fsp3) is 0.556. The zero-order chi connectivity index (χ0) is 16.0. The lowest BCUT2D eigenvalue weighted by Crippen LogP contribution is -2.46. The lowest BCUT2D eigenvalue weighted by atomic mass is 9.77. The van der Waals surface area contributed by atoms with Gasteiger partial charge >= 0.3 is 0 Å². The molecule has 5 nitrogen and oxygen atoms in total. The summed E-state index contributed by atoms with van der Waals surface area (Å²) >= 11 is 0. The Morgan fingerprint density at radius 1 is 1.09 bits per heavy atom. The normalized spacial score (nSPS) is 28.9. The molecule has 5 heteroatoms. The molecule has 1 saturated carbocycles. The van der Waals surface area contributed by atoms with E-state index in [2.05, 4.69) is 11.4 Å². The van der Waals surface area contributed by atoms with Gasteiger partial charge in [-0.15, -0.1) is 0 Å². The van der Waals surface area contributed by atoms with Gasteiger partial charge in [0.05, 0.1) is 6.04 Å². The summed E-state index contributed by atoms with van der Waals surface area (Å²) in [5.74, 6) is 0.116. The summed E-state index contributed by atoms with van der Waals surface area (Å²) in [5, 5.41) is 13.2. The Morgan fingerprint density at radius 2 is 1.87 bits per heavy atom. The molecule has 1 aliphatic carbocycles. The van der Waals surface area contributed by atoms with Gasteiger partial charge in [0.25, 0.3) is 0 Å². The van der Waals surface area contributed by atoms with E-state index < -0.39 is 12.3 Å². The molecule has 2 heterocycles. The van der Waals surface area contributed by atoms with E-state index >= 15 is 0 Å². The Bertz CT molecular complexity index is 654. The van der Waals surface area contributed by atoms with Crippen molar-refractivity contribution in [2.45, 2.75) is 63.3 Å². The highest BCUT2D eigenvalue weighted by molar-refractivity contribution is 5.98. The van der Waals surface area contributed by atoms with Crippen LogP contribution in [0.5, 0.6) is 0 Å². The number of carbonyl (C=O) groups excluding carboxylic acids is 2. The highest BCUT2D eigenvalue weighted by Crippen LogP contribution is 2.44. The smallest absolute Gasteiger partial charge is 0.244 e. The third-order valence-corrected chi connectivity index (χ3v) is 5.57. The van der Waals surface area contributed by atoms with E-state index in [0.717, 1.165) is 5.56 Å². The number of amides is 2. The van der Waals surface area contributed by atoms with Crippen LogP contribution in [-0.4, -0.2) is 27.9 Å². The Kier molecular flexibility index (Phi) is 3.70. The summed E-state index contributed by atoms with van der Waals surface area (Å²) in [5.41, 5.74) is 3.45. The van der Waals surface area contributed by atoms with Crippen LogP contribution in [0.15, 0.2) is 18.2 Å². The minimum Gasteiger partial charge on any atom is -0.374 e. The monoisotopic (exact) mass is 314 g/mol. The van der Waals surface area contributed by atoms with Crippen molar-refractivity contribution in [3.8, 4) is 0 Å². The van der Waals surface area contributed by atoms with Crippen LogP contribution in [0.3, 0.4) is 0 Å². The molecule has 1 aromatic rings. The van der Waals surface area contributed by atoms with Gasteiger partial charge in [0.1, 0.15) is 6.23 Å². The molecule has 1 saturated heterocycles. The van der Waals surface area contributed by atoms with Gasteiger partial charge in [-0.05, 0) is 42.7 Å². The lowest BCUT2D eigenvalue weighted by Gasteiger charge is -2.29. The number of aliphatic hydroxyl groups is 1. The van der Waals surface area contributed by atoms with Crippen molar-refractivity contribution >= 4 is 11.8 Å². The van der Waals surface area contributed by atoms with E-state index in [9.17, 15) is 14.7 Å². The van der Waals surface area contributed by atoms with Crippen molar-refractivity contribution < 1.29 is 14.7 Å². The number of aliphatic hydroxyl groups excluding tert-OH is 1. The van der Waals surface area contributed by atoms with Crippen molar-refractivity contribution in [3.05, 3.63) is 34.9 Å². The van der Waals surface area contributed by atoms with Crippen molar-refractivity contribution in [1.82, 2.24) is 10.2 Å². The van der Waals surface area contributed by atoms with Crippen molar-refractivity contribution in [2.24, 2.45) is 0 Å². The van der Waals surface area contributed by atoms with E-state index in [-0.39, 0.29) is 11.8 Å². The van der Waals surface area contributed by atoms with Gasteiger partial charge in [0.2, 0.25) is 11.8 Å². The predicted octanol–water partition coefficient (Wildman–Crippen LogP) is 1.96. The first kappa shape index (κ1) is 14.8. The quantitative estimate of drug-likeness (QED) is 0.819. The van der Waals surface area contributed by atoms with Crippen molar-refractivity contribution in [3.63, 3.8) is 0 Å². The van der Waals surface area contributed by atoms with Crippen molar-refractivity contribution in [1.29, 1.82) is 0 Å². The average molecular weight is 314 g/mol. The third kappa shape index (κ3) is 2.48. The standard InChI is InChI=1S/C18H22N2O3/c21-16-9-3-8-15(17(22)19-16)20-10-14-12(11-4-1-5-11)6-2-7-13(14)18(20)23/h2,6-7,11,15,18,23H,1,3-5,8-10H2,(H,19,21,22)/t15-,18?/m0/s1. The molecule has 3 aliphatic rings. The minimum absolute atomic E-state index is 0.209. The van der Waals surface area contributed by atoms with Crippen LogP contribution >= 0.6 is 0 Å². The summed E-state index contributed by atoms with van der Waals surface area (Å²) in [6, 6.07) is 5.70. The van der Waals surface area contributed by atoms with Gasteiger partial charge in [-0.1, -0.05) is 24.6 Å². The Morgan fingerprint density at radius 3 is 2.61 bits per heavy atom. The molecule has 2 atom stereocenters. The molecule has 1 unspecified atom stereocenters. The maximum Gasteiger partial charge on any atom is 0.244 e. The van der Waals surface area contributed by atoms with Gasteiger partial charge < -0.3 is 5.11 Å². The second-order valence-corrected chi connectivity index (χ2v) is 6.91. The van der Waals surface area contributed by atoms with Gasteiger partial charge in [-0.3, -0.25) is 19.8 Å². The first-order valence-corrected chi connectivity index (χ1v) is 8.54. The summed E-state index contributed by atoms with van der Waals surface area (Å²) in [6.45, 7) is 0.593. The molecule has 23 heavy (non-hydrogen) atoms. The average Bonchev–Trinajstić information content (AvgIpc) is 2.70. The zero-order valence-corrected chi connectivity index (χ0v) is 13.1. The number of benzene rings is 1. The van der Waals surface area contributed by atoms with Crippen LogP contribution in [0, 0.1) is 0 Å². The highest BCUT2D eigenvalue weighted by atomic mass is 16.3. The molecular formula is C18H22N2O3. The van der Waals surface area contributed by atoms with Crippen molar-refractivity contribution in [2.75, 3.05) is 0 Å². The number of rotatable bonds is 2. The van der Waals surface area contributed by atoms with Crippen LogP contribution < -0.4 is 5.32 Å². The van der Waals surface area contributed by atoms with E-state index in [1.165, 1.54) is 30.4 Å². The molecule has 2 N–H and O–H groups in total. The van der Waals surface area contributed by atoms with Gasteiger partial charge in [0.15, 0.2) is 0 Å². The SMILES string of the molecule is O=C1CCC[C@H](N2Cc3c(C4CCC4)cccc3C2O)C(=O)N1. The summed E-state index contributed by atoms with van der Waals surface area (Å²) < 4.78 is 0. The molecule has 2 amide bonds. The van der Waals surface area contributed by atoms with E-state index in [1.807, 2.05) is 17.0 Å². The second kappa shape index (κ2) is 5.73. The largest absolute Gasteiger partial charge is 0.374 e. The summed E-state index contributed by atoms with van der Waals surface area (Å²) in [4.78, 5) is 25.7. The Balaban J connectivity index is 1.62. The molecule has 122 valence electrons. The van der Waals surface area contributed by atoms with E-state index in [1.54, 1.807) is 0 Å². The molecule has 2 fully saturated rings. The van der Waals surface area contributed by atoms with Crippen LogP contribution in [0.1, 0.15) is 67.4 Å². The fourth-order valence-corrected chi connectivity index (χ4v) is 4.06. The van der Waals surface area contributed by atoms with Crippen LogP contribution in [-0.2, 0) is 16.1 Å². The Hall–Kier alpha value is -1.72. The summed E-state index contributed by atoms with van der Waals surface area (Å²) in [6.07, 6.45) is 4.61. The number of carbonyl (C=O) groups is 2. The lowest BCUT2D eigenvalue weighted by molar-refractivity contribution is -0.135. The Labute approximate surface area is 135 Å². The van der Waals surface area contributed by atoms with Gasteiger partial charge in [0, 0.05) is 18.5 Å². The highest BCUT2D eigenvalue weighted by Gasteiger charge is 2.40. The molecular weight excluding hydrogens is 292 g/mol. The molecule has 0 aromatic heterocycles. The minimum atomic E-state index is -0.756. The third-order valence-electron chi connectivity index (χ3n) is 5.57. The van der Waals surface area contributed by atoms with Crippen LogP contribution in [0.4, 0.5) is 0 Å². The first-order chi connectivity index (χ1) is 11.1. The van der Waals surface area contributed by atoms with E-state index in [0.29, 0.717) is 31.7 Å². The maximum absolute atomic E-state index is 12.3. The van der Waals surface area contributed by atoms with E-state index in [4.69, 9.17) is 0 Å². The molecule has 1 aromatic carbocycles. The predicted molar refractivity (Wildman–Crippen MR) is 84.3 cm³/mol. The molecule has 0 spiro atoms. The number of imide groups is 1. The molecule has 0 bridgehead atoms. The zero-order valence-electron chi connectivity index (χ0n) is 13.1. The number of hydrogen-bond acceptors (Lipinski definition) is 4. The fourth-order valence-electron chi connectivity index (χ4n) is 4.06. The van der Waals surface area contributed by atoms with Gasteiger partial charge in [-0.25, -0.2) is 0 Å².